The fourth-order valence-electron chi connectivity index (χ4n) is 2.00. The van der Waals surface area contributed by atoms with Crippen LogP contribution in [0.5, 0.6) is 5.75 Å². The number of hydrogen-bond donors (Lipinski definition) is 1. The zero-order valence-electron chi connectivity index (χ0n) is 11.9. The van der Waals surface area contributed by atoms with Gasteiger partial charge in [-0.05, 0) is 23.8 Å². The fraction of sp³-hybridized carbons (Fsp3) is 0.267. The maximum absolute atomic E-state index is 5.62. The van der Waals surface area contributed by atoms with E-state index in [2.05, 4.69) is 14.9 Å². The topological polar surface area (TPSA) is 64.3 Å². The van der Waals surface area contributed by atoms with E-state index in [0.717, 1.165) is 17.1 Å². The molecule has 2 heterocycles. The number of aromatic nitrogens is 2. The Balaban J connectivity index is 2.24. The fourth-order valence-corrected chi connectivity index (χ4v) is 2.09. The van der Waals surface area contributed by atoms with Gasteiger partial charge in [0.15, 0.2) is 11.6 Å². The summed E-state index contributed by atoms with van der Waals surface area (Å²) in [4.78, 5) is 11.1. The molecule has 0 atom stereocenters. The molecule has 5 nitrogen and oxygen atoms in total. The summed E-state index contributed by atoms with van der Waals surface area (Å²) in [6, 6.07) is 7.67. The molecule has 0 aliphatic heterocycles. The highest BCUT2D eigenvalue weighted by atomic mass is 32.1. The van der Waals surface area contributed by atoms with E-state index in [-0.39, 0.29) is 0 Å². The molecule has 0 saturated heterocycles. The number of anilines is 1. The third-order valence-electron chi connectivity index (χ3n) is 2.99. The zero-order chi connectivity index (χ0) is 15.1. The standard InChI is InChI=1S/C15H18N4OS/c1-20-13-5-3-8-18-15(13)19(9-6-14(16)21)11-12-4-2-7-17-10-12/h2-5,7-8,10H,6,9,11H2,1H3,(H2,16,21). The molecule has 0 saturated carbocycles. The van der Waals surface area contributed by atoms with Gasteiger partial charge in [-0.15, -0.1) is 0 Å². The van der Waals surface area contributed by atoms with E-state index in [1.807, 2.05) is 30.5 Å². The molecule has 110 valence electrons. The molecule has 21 heavy (non-hydrogen) atoms. The number of nitrogens with zero attached hydrogens (tertiary/aromatic N) is 3. The van der Waals surface area contributed by atoms with Gasteiger partial charge in [-0.2, -0.15) is 0 Å². The Labute approximate surface area is 129 Å². The first-order valence-corrected chi connectivity index (χ1v) is 7.02. The highest BCUT2D eigenvalue weighted by Crippen LogP contribution is 2.26. The van der Waals surface area contributed by atoms with Crippen LogP contribution in [0.15, 0.2) is 42.9 Å². The predicted molar refractivity (Wildman–Crippen MR) is 87.5 cm³/mol. The van der Waals surface area contributed by atoms with E-state index in [1.54, 1.807) is 19.5 Å². The quantitative estimate of drug-likeness (QED) is 0.791. The van der Waals surface area contributed by atoms with Crippen molar-refractivity contribution in [2.75, 3.05) is 18.6 Å². The third-order valence-corrected chi connectivity index (χ3v) is 3.20. The maximum Gasteiger partial charge on any atom is 0.171 e. The zero-order valence-corrected chi connectivity index (χ0v) is 12.7. The van der Waals surface area contributed by atoms with Crippen LogP contribution in [-0.2, 0) is 6.54 Å². The Bertz CT molecular complexity index is 591. The van der Waals surface area contributed by atoms with Crippen molar-refractivity contribution in [1.82, 2.24) is 9.97 Å². The Morgan fingerprint density at radius 3 is 2.81 bits per heavy atom. The summed E-state index contributed by atoms with van der Waals surface area (Å²) in [5.41, 5.74) is 6.71. The summed E-state index contributed by atoms with van der Waals surface area (Å²) in [6.07, 6.45) is 5.96. The van der Waals surface area contributed by atoms with Crippen molar-refractivity contribution in [3.05, 3.63) is 48.4 Å². The van der Waals surface area contributed by atoms with Crippen LogP contribution in [0.4, 0.5) is 5.82 Å². The molecule has 2 rings (SSSR count). The predicted octanol–water partition coefficient (Wildman–Crippen LogP) is 2.17. The SMILES string of the molecule is COc1cccnc1N(CCC(N)=S)Cc1cccnc1. The molecule has 0 radical (unpaired) electrons. The van der Waals surface area contributed by atoms with Gasteiger partial charge in [0, 0.05) is 38.1 Å². The van der Waals surface area contributed by atoms with Crippen molar-refractivity contribution in [1.29, 1.82) is 0 Å². The van der Waals surface area contributed by atoms with Crippen LogP contribution in [-0.4, -0.2) is 28.6 Å². The monoisotopic (exact) mass is 302 g/mol. The lowest BCUT2D eigenvalue weighted by molar-refractivity contribution is 0.412. The van der Waals surface area contributed by atoms with Crippen LogP contribution in [0.1, 0.15) is 12.0 Å². The van der Waals surface area contributed by atoms with Gasteiger partial charge in [0.05, 0.1) is 12.1 Å². The Morgan fingerprint density at radius 2 is 2.14 bits per heavy atom. The van der Waals surface area contributed by atoms with Gasteiger partial charge in [0.25, 0.3) is 0 Å². The first-order chi connectivity index (χ1) is 10.2. The molecule has 0 amide bonds. The molecule has 2 aromatic rings. The van der Waals surface area contributed by atoms with Crippen molar-refractivity contribution >= 4 is 23.0 Å². The molecule has 0 unspecified atom stereocenters. The van der Waals surface area contributed by atoms with Crippen LogP contribution in [0.2, 0.25) is 0 Å². The minimum atomic E-state index is 0.487. The lowest BCUT2D eigenvalue weighted by atomic mass is 10.2. The highest BCUT2D eigenvalue weighted by molar-refractivity contribution is 7.80. The van der Waals surface area contributed by atoms with E-state index in [9.17, 15) is 0 Å². The van der Waals surface area contributed by atoms with Gasteiger partial charge in [-0.1, -0.05) is 18.3 Å². The molecule has 0 fully saturated rings. The molecule has 0 aliphatic rings. The Kier molecular flexibility index (Phi) is 5.45. The molecule has 0 spiro atoms. The van der Waals surface area contributed by atoms with Crippen LogP contribution < -0.4 is 15.4 Å². The Morgan fingerprint density at radius 1 is 1.33 bits per heavy atom. The average Bonchev–Trinajstić information content (AvgIpc) is 2.52. The van der Waals surface area contributed by atoms with E-state index in [4.69, 9.17) is 22.7 Å². The molecular weight excluding hydrogens is 284 g/mol. The molecule has 2 aromatic heterocycles. The van der Waals surface area contributed by atoms with E-state index < -0.39 is 0 Å². The summed E-state index contributed by atoms with van der Waals surface area (Å²) in [5, 5.41) is 0. The van der Waals surface area contributed by atoms with E-state index in [0.29, 0.717) is 24.5 Å². The minimum Gasteiger partial charge on any atom is -0.493 e. The first-order valence-electron chi connectivity index (χ1n) is 6.62. The maximum atomic E-state index is 5.62. The number of hydrogen-bond acceptors (Lipinski definition) is 5. The van der Waals surface area contributed by atoms with Gasteiger partial charge < -0.3 is 15.4 Å². The second kappa shape index (κ2) is 7.54. The van der Waals surface area contributed by atoms with Crippen molar-refractivity contribution in [3.8, 4) is 5.75 Å². The molecule has 2 N–H and O–H groups in total. The summed E-state index contributed by atoms with van der Waals surface area (Å²) in [7, 11) is 1.64. The van der Waals surface area contributed by atoms with Gasteiger partial charge in [0.1, 0.15) is 0 Å². The van der Waals surface area contributed by atoms with E-state index >= 15 is 0 Å². The van der Waals surface area contributed by atoms with Crippen molar-refractivity contribution < 1.29 is 4.74 Å². The van der Waals surface area contributed by atoms with Gasteiger partial charge in [0.2, 0.25) is 0 Å². The number of rotatable bonds is 7. The lowest BCUT2D eigenvalue weighted by Crippen LogP contribution is -2.28. The smallest absolute Gasteiger partial charge is 0.171 e. The molecule has 0 aromatic carbocycles. The highest BCUT2D eigenvalue weighted by Gasteiger charge is 2.14. The number of ether oxygens (including phenoxy) is 1. The number of thiocarbonyl (C=S) groups is 1. The largest absolute Gasteiger partial charge is 0.493 e. The number of pyridine rings is 2. The Hall–Kier alpha value is -2.21. The second-order valence-electron chi connectivity index (χ2n) is 4.53. The second-order valence-corrected chi connectivity index (χ2v) is 5.05. The van der Waals surface area contributed by atoms with Gasteiger partial charge in [-0.3, -0.25) is 4.98 Å². The number of methoxy groups -OCH3 is 1. The summed E-state index contributed by atoms with van der Waals surface area (Å²) < 4.78 is 5.39. The van der Waals surface area contributed by atoms with Crippen LogP contribution >= 0.6 is 12.2 Å². The van der Waals surface area contributed by atoms with Gasteiger partial charge in [-0.25, -0.2) is 4.98 Å². The first kappa shape index (κ1) is 15.2. The molecule has 0 bridgehead atoms. The van der Waals surface area contributed by atoms with Gasteiger partial charge >= 0.3 is 0 Å². The summed E-state index contributed by atoms with van der Waals surface area (Å²) >= 11 is 4.98. The molecular formula is C15H18N4OS. The van der Waals surface area contributed by atoms with Crippen molar-refractivity contribution in [2.45, 2.75) is 13.0 Å². The normalized spacial score (nSPS) is 10.1. The number of nitrogens with two attached hydrogens (primary N) is 1. The summed E-state index contributed by atoms with van der Waals surface area (Å²) in [5.74, 6) is 1.50. The van der Waals surface area contributed by atoms with Crippen LogP contribution in [0.25, 0.3) is 0 Å². The lowest BCUT2D eigenvalue weighted by Gasteiger charge is -2.25. The van der Waals surface area contributed by atoms with Crippen LogP contribution in [0.3, 0.4) is 0 Å². The van der Waals surface area contributed by atoms with Crippen LogP contribution in [0, 0.1) is 0 Å². The van der Waals surface area contributed by atoms with Crippen molar-refractivity contribution in [2.24, 2.45) is 5.73 Å². The molecule has 6 heteroatoms. The summed E-state index contributed by atoms with van der Waals surface area (Å²) in [6.45, 7) is 1.35. The average molecular weight is 302 g/mol. The van der Waals surface area contributed by atoms with E-state index in [1.165, 1.54) is 0 Å². The molecule has 0 aliphatic carbocycles. The van der Waals surface area contributed by atoms with Crippen molar-refractivity contribution in [3.63, 3.8) is 0 Å². The minimum absolute atomic E-state index is 0.487. The third kappa shape index (κ3) is 4.39.